The van der Waals surface area contributed by atoms with Crippen LogP contribution in [0.4, 0.5) is 0 Å². The summed E-state index contributed by atoms with van der Waals surface area (Å²) in [5.74, 6) is 1.18. The summed E-state index contributed by atoms with van der Waals surface area (Å²) in [5.41, 5.74) is 2.12. The molecule has 0 fully saturated rings. The van der Waals surface area contributed by atoms with Gasteiger partial charge in [-0.15, -0.1) is 11.8 Å². The number of rotatable bonds is 4. The summed E-state index contributed by atoms with van der Waals surface area (Å²) < 4.78 is 0. The van der Waals surface area contributed by atoms with Crippen LogP contribution in [0.2, 0.25) is 0 Å². The highest BCUT2D eigenvalue weighted by Crippen LogP contribution is 2.07. The highest BCUT2D eigenvalue weighted by molar-refractivity contribution is 8.02. The summed E-state index contributed by atoms with van der Waals surface area (Å²) in [4.78, 5) is 4.37. The molecule has 1 aromatic rings. The van der Waals surface area contributed by atoms with Crippen molar-refractivity contribution in [3.8, 4) is 0 Å². The van der Waals surface area contributed by atoms with Gasteiger partial charge in [-0.05, 0) is 42.7 Å². The van der Waals surface area contributed by atoms with Crippen LogP contribution in [0.5, 0.6) is 0 Å². The second kappa shape index (κ2) is 5.81. The molecular formula is C11H15NS. The standard InChI is InChI=1S/C11H15NS/c1-3-8-13-9-7-11-6-4-5-10(2)12-11/h4-7,9H,3,8H2,1-2H3/b9-7+. The SMILES string of the molecule is CCCS/C=C/c1cccc(C)n1. The van der Waals surface area contributed by atoms with Gasteiger partial charge < -0.3 is 0 Å². The molecule has 0 saturated heterocycles. The lowest BCUT2D eigenvalue weighted by Crippen LogP contribution is -1.82. The van der Waals surface area contributed by atoms with Crippen LogP contribution in [0, 0.1) is 6.92 Å². The summed E-state index contributed by atoms with van der Waals surface area (Å²) in [6.07, 6.45) is 3.28. The fourth-order valence-corrected chi connectivity index (χ4v) is 1.57. The van der Waals surface area contributed by atoms with Gasteiger partial charge in [0.2, 0.25) is 0 Å². The summed E-state index contributed by atoms with van der Waals surface area (Å²) in [6, 6.07) is 6.07. The lowest BCUT2D eigenvalue weighted by molar-refractivity contribution is 1.11. The van der Waals surface area contributed by atoms with Gasteiger partial charge in [-0.25, -0.2) is 0 Å². The molecule has 0 radical (unpaired) electrons. The third-order valence-electron chi connectivity index (χ3n) is 1.57. The Hall–Kier alpha value is -0.760. The van der Waals surface area contributed by atoms with Crippen LogP contribution < -0.4 is 0 Å². The predicted molar refractivity (Wildman–Crippen MR) is 60.8 cm³/mol. The monoisotopic (exact) mass is 193 g/mol. The van der Waals surface area contributed by atoms with E-state index in [1.165, 1.54) is 12.2 Å². The van der Waals surface area contributed by atoms with E-state index in [0.29, 0.717) is 0 Å². The van der Waals surface area contributed by atoms with E-state index in [9.17, 15) is 0 Å². The van der Waals surface area contributed by atoms with Crippen LogP contribution in [0.3, 0.4) is 0 Å². The van der Waals surface area contributed by atoms with Crippen molar-refractivity contribution in [2.45, 2.75) is 20.3 Å². The van der Waals surface area contributed by atoms with E-state index in [1.54, 1.807) is 0 Å². The minimum atomic E-state index is 1.05. The molecule has 0 aromatic carbocycles. The Kier molecular flexibility index (Phi) is 4.61. The zero-order chi connectivity index (χ0) is 9.52. The molecule has 0 aliphatic carbocycles. The van der Waals surface area contributed by atoms with Crippen molar-refractivity contribution < 1.29 is 0 Å². The van der Waals surface area contributed by atoms with Crippen LogP contribution in [-0.2, 0) is 0 Å². The third kappa shape index (κ3) is 4.13. The zero-order valence-corrected chi connectivity index (χ0v) is 8.97. The minimum absolute atomic E-state index is 1.05. The molecule has 0 N–H and O–H groups in total. The van der Waals surface area contributed by atoms with E-state index in [0.717, 1.165) is 11.4 Å². The van der Waals surface area contributed by atoms with Crippen LogP contribution in [0.25, 0.3) is 6.08 Å². The highest BCUT2D eigenvalue weighted by atomic mass is 32.2. The number of hydrogen-bond acceptors (Lipinski definition) is 2. The van der Waals surface area contributed by atoms with Crippen molar-refractivity contribution in [3.05, 3.63) is 35.0 Å². The number of aryl methyl sites for hydroxylation is 1. The summed E-state index contributed by atoms with van der Waals surface area (Å²) in [6.45, 7) is 4.20. The van der Waals surface area contributed by atoms with Crippen LogP contribution >= 0.6 is 11.8 Å². The summed E-state index contributed by atoms with van der Waals surface area (Å²) in [7, 11) is 0. The van der Waals surface area contributed by atoms with Crippen molar-refractivity contribution in [1.82, 2.24) is 4.98 Å². The topological polar surface area (TPSA) is 12.9 Å². The molecule has 1 heterocycles. The van der Waals surface area contributed by atoms with Crippen LogP contribution in [0.1, 0.15) is 24.7 Å². The van der Waals surface area contributed by atoms with E-state index >= 15 is 0 Å². The second-order valence-electron chi connectivity index (χ2n) is 2.88. The van der Waals surface area contributed by atoms with Gasteiger partial charge in [0.1, 0.15) is 0 Å². The van der Waals surface area contributed by atoms with E-state index in [2.05, 4.69) is 23.4 Å². The molecule has 0 aliphatic heterocycles. The van der Waals surface area contributed by atoms with Crippen molar-refractivity contribution in [3.63, 3.8) is 0 Å². The minimum Gasteiger partial charge on any atom is -0.254 e. The molecule has 2 heteroatoms. The maximum atomic E-state index is 4.37. The first-order valence-electron chi connectivity index (χ1n) is 4.54. The fourth-order valence-electron chi connectivity index (χ4n) is 0.961. The van der Waals surface area contributed by atoms with Gasteiger partial charge in [-0.2, -0.15) is 0 Å². The second-order valence-corrected chi connectivity index (χ2v) is 3.89. The first kappa shape index (κ1) is 10.3. The maximum absolute atomic E-state index is 4.37. The molecular weight excluding hydrogens is 178 g/mol. The molecule has 1 nitrogen and oxygen atoms in total. The van der Waals surface area contributed by atoms with Gasteiger partial charge in [0.25, 0.3) is 0 Å². The lowest BCUT2D eigenvalue weighted by atomic mass is 10.3. The van der Waals surface area contributed by atoms with Gasteiger partial charge in [-0.1, -0.05) is 13.0 Å². The number of hydrogen-bond donors (Lipinski definition) is 0. The Balaban J connectivity index is 2.48. The Morgan fingerprint density at radius 1 is 1.46 bits per heavy atom. The number of thioether (sulfide) groups is 1. The first-order chi connectivity index (χ1) is 6.33. The number of aromatic nitrogens is 1. The van der Waals surface area contributed by atoms with Crippen molar-refractivity contribution >= 4 is 17.8 Å². The largest absolute Gasteiger partial charge is 0.254 e. The number of pyridine rings is 1. The molecule has 0 aliphatic rings. The van der Waals surface area contributed by atoms with Crippen molar-refractivity contribution in [2.75, 3.05) is 5.75 Å². The Morgan fingerprint density at radius 3 is 3.00 bits per heavy atom. The quantitative estimate of drug-likeness (QED) is 0.679. The van der Waals surface area contributed by atoms with Gasteiger partial charge >= 0.3 is 0 Å². The lowest BCUT2D eigenvalue weighted by Gasteiger charge is -1.94. The molecule has 1 aromatic heterocycles. The average Bonchev–Trinajstić information content (AvgIpc) is 2.13. The molecule has 0 atom stereocenters. The van der Waals surface area contributed by atoms with E-state index in [1.807, 2.05) is 36.9 Å². The average molecular weight is 193 g/mol. The Labute approximate surface area is 84.3 Å². The predicted octanol–water partition coefficient (Wildman–Crippen LogP) is 3.50. The molecule has 0 saturated carbocycles. The van der Waals surface area contributed by atoms with Gasteiger partial charge in [-0.3, -0.25) is 4.98 Å². The molecule has 0 amide bonds. The van der Waals surface area contributed by atoms with Crippen LogP contribution in [-0.4, -0.2) is 10.7 Å². The van der Waals surface area contributed by atoms with Gasteiger partial charge in [0.15, 0.2) is 0 Å². The van der Waals surface area contributed by atoms with E-state index in [4.69, 9.17) is 0 Å². The Morgan fingerprint density at radius 2 is 2.31 bits per heavy atom. The molecule has 70 valence electrons. The molecule has 0 spiro atoms. The maximum Gasteiger partial charge on any atom is 0.0637 e. The molecule has 0 unspecified atom stereocenters. The number of nitrogens with zero attached hydrogens (tertiary/aromatic N) is 1. The Bertz CT molecular complexity index is 281. The molecule has 1 rings (SSSR count). The van der Waals surface area contributed by atoms with Crippen molar-refractivity contribution in [2.24, 2.45) is 0 Å². The highest BCUT2D eigenvalue weighted by Gasteiger charge is 1.87. The first-order valence-corrected chi connectivity index (χ1v) is 5.59. The van der Waals surface area contributed by atoms with Crippen LogP contribution in [0.15, 0.2) is 23.6 Å². The van der Waals surface area contributed by atoms with Gasteiger partial charge in [0.05, 0.1) is 5.69 Å². The van der Waals surface area contributed by atoms with Crippen molar-refractivity contribution in [1.29, 1.82) is 0 Å². The fraction of sp³-hybridized carbons (Fsp3) is 0.364. The zero-order valence-electron chi connectivity index (χ0n) is 8.16. The summed E-state index contributed by atoms with van der Waals surface area (Å²) in [5, 5.41) is 2.12. The normalized spacial score (nSPS) is 10.9. The smallest absolute Gasteiger partial charge is 0.0637 e. The summed E-state index contributed by atoms with van der Waals surface area (Å²) >= 11 is 1.83. The third-order valence-corrected chi connectivity index (χ3v) is 2.54. The molecule has 13 heavy (non-hydrogen) atoms. The van der Waals surface area contributed by atoms with E-state index in [-0.39, 0.29) is 0 Å². The van der Waals surface area contributed by atoms with Gasteiger partial charge in [0, 0.05) is 5.69 Å². The molecule has 0 bridgehead atoms. The van der Waals surface area contributed by atoms with E-state index < -0.39 is 0 Å².